The van der Waals surface area contributed by atoms with Crippen LogP contribution < -0.4 is 10.2 Å². The van der Waals surface area contributed by atoms with E-state index in [0.717, 1.165) is 10.6 Å². The molecular weight excluding hydrogens is 254 g/mol. The summed E-state index contributed by atoms with van der Waals surface area (Å²) in [6.45, 7) is 0. The number of hydrogen-bond donors (Lipinski definition) is 1. The standard InChI is InChI=1S/C15H21N3S/c1-16-11-7-9-12(10-8-11)18(2)15-17-13-5-3-4-6-14(13)19-15/h3-6,11-12,16H,7-10H2,1-2H3. The molecule has 3 nitrogen and oxygen atoms in total. The molecule has 1 aromatic carbocycles. The largest absolute Gasteiger partial charge is 0.348 e. The normalized spacial score (nSPS) is 23.7. The minimum Gasteiger partial charge on any atom is -0.348 e. The van der Waals surface area contributed by atoms with Gasteiger partial charge in [-0.1, -0.05) is 23.5 Å². The second kappa shape index (κ2) is 5.47. The molecule has 19 heavy (non-hydrogen) atoms. The molecule has 1 N–H and O–H groups in total. The summed E-state index contributed by atoms with van der Waals surface area (Å²) >= 11 is 1.80. The number of fused-ring (bicyclic) bond motifs is 1. The van der Waals surface area contributed by atoms with Crippen LogP contribution in [0.5, 0.6) is 0 Å². The summed E-state index contributed by atoms with van der Waals surface area (Å²) in [7, 11) is 4.27. The van der Waals surface area contributed by atoms with Gasteiger partial charge in [0, 0.05) is 19.1 Å². The Kier molecular flexibility index (Phi) is 3.71. The molecule has 1 aliphatic rings. The smallest absolute Gasteiger partial charge is 0.186 e. The zero-order valence-electron chi connectivity index (χ0n) is 11.6. The molecule has 0 radical (unpaired) electrons. The molecular formula is C15H21N3S. The molecule has 1 aromatic heterocycles. The third-order valence-electron chi connectivity index (χ3n) is 4.24. The lowest BCUT2D eigenvalue weighted by molar-refractivity contribution is 0.351. The lowest BCUT2D eigenvalue weighted by Gasteiger charge is -2.34. The molecule has 0 saturated heterocycles. The summed E-state index contributed by atoms with van der Waals surface area (Å²) in [4.78, 5) is 7.14. The summed E-state index contributed by atoms with van der Waals surface area (Å²) < 4.78 is 1.29. The van der Waals surface area contributed by atoms with Gasteiger partial charge in [0.05, 0.1) is 10.2 Å². The molecule has 1 aliphatic carbocycles. The van der Waals surface area contributed by atoms with Gasteiger partial charge < -0.3 is 10.2 Å². The lowest BCUT2D eigenvalue weighted by atomic mass is 9.91. The topological polar surface area (TPSA) is 28.2 Å². The van der Waals surface area contributed by atoms with Gasteiger partial charge in [0.1, 0.15) is 0 Å². The second-order valence-electron chi connectivity index (χ2n) is 5.37. The first-order valence-corrected chi connectivity index (χ1v) is 7.85. The number of anilines is 1. The van der Waals surface area contributed by atoms with E-state index in [1.807, 2.05) is 0 Å². The third-order valence-corrected chi connectivity index (χ3v) is 5.36. The van der Waals surface area contributed by atoms with Gasteiger partial charge in [0.25, 0.3) is 0 Å². The van der Waals surface area contributed by atoms with E-state index in [2.05, 4.69) is 48.6 Å². The van der Waals surface area contributed by atoms with Crippen LogP contribution in [0.15, 0.2) is 24.3 Å². The number of aromatic nitrogens is 1. The van der Waals surface area contributed by atoms with E-state index in [0.29, 0.717) is 12.1 Å². The molecule has 1 saturated carbocycles. The fourth-order valence-electron chi connectivity index (χ4n) is 2.92. The Bertz CT molecular complexity index is 510. The highest BCUT2D eigenvalue weighted by atomic mass is 32.1. The van der Waals surface area contributed by atoms with Gasteiger partial charge >= 0.3 is 0 Å². The van der Waals surface area contributed by atoms with Crippen molar-refractivity contribution < 1.29 is 0 Å². The molecule has 4 heteroatoms. The molecule has 1 heterocycles. The van der Waals surface area contributed by atoms with Gasteiger partial charge in [0.15, 0.2) is 5.13 Å². The van der Waals surface area contributed by atoms with E-state index in [1.54, 1.807) is 11.3 Å². The maximum Gasteiger partial charge on any atom is 0.186 e. The first-order chi connectivity index (χ1) is 9.28. The zero-order chi connectivity index (χ0) is 13.2. The number of thiazole rings is 1. The predicted molar refractivity (Wildman–Crippen MR) is 83.1 cm³/mol. The summed E-state index contributed by atoms with van der Waals surface area (Å²) in [5.74, 6) is 0. The molecule has 0 unspecified atom stereocenters. The fraction of sp³-hybridized carbons (Fsp3) is 0.533. The number of nitrogens with zero attached hydrogens (tertiary/aromatic N) is 2. The van der Waals surface area contributed by atoms with Gasteiger partial charge in [-0.2, -0.15) is 0 Å². The first kappa shape index (κ1) is 12.9. The average Bonchev–Trinajstić information content (AvgIpc) is 2.90. The van der Waals surface area contributed by atoms with Crippen molar-refractivity contribution in [3.05, 3.63) is 24.3 Å². The maximum absolute atomic E-state index is 4.76. The Morgan fingerprint density at radius 1 is 1.21 bits per heavy atom. The van der Waals surface area contributed by atoms with Crippen molar-refractivity contribution in [2.24, 2.45) is 0 Å². The minimum absolute atomic E-state index is 0.644. The van der Waals surface area contributed by atoms with Crippen LogP contribution in [-0.2, 0) is 0 Å². The van der Waals surface area contributed by atoms with E-state index in [9.17, 15) is 0 Å². The molecule has 2 aromatic rings. The Morgan fingerprint density at radius 3 is 2.63 bits per heavy atom. The van der Waals surface area contributed by atoms with Crippen molar-refractivity contribution in [1.29, 1.82) is 0 Å². The quantitative estimate of drug-likeness (QED) is 0.932. The van der Waals surface area contributed by atoms with E-state index in [1.165, 1.54) is 30.4 Å². The van der Waals surface area contributed by atoms with Crippen molar-refractivity contribution in [2.75, 3.05) is 19.0 Å². The molecule has 0 spiro atoms. The molecule has 0 bridgehead atoms. The number of benzene rings is 1. The molecule has 0 atom stereocenters. The summed E-state index contributed by atoms with van der Waals surface area (Å²) in [6.07, 6.45) is 5.07. The average molecular weight is 275 g/mol. The van der Waals surface area contributed by atoms with Crippen LogP contribution in [0.1, 0.15) is 25.7 Å². The van der Waals surface area contributed by atoms with Gasteiger partial charge in [-0.15, -0.1) is 0 Å². The van der Waals surface area contributed by atoms with Crippen molar-refractivity contribution >= 4 is 26.7 Å². The summed E-state index contributed by atoms with van der Waals surface area (Å²) in [5.41, 5.74) is 1.12. The van der Waals surface area contributed by atoms with E-state index in [4.69, 9.17) is 4.98 Å². The summed E-state index contributed by atoms with van der Waals surface area (Å²) in [5, 5.41) is 4.55. The number of rotatable bonds is 3. The van der Waals surface area contributed by atoms with Crippen LogP contribution in [0.25, 0.3) is 10.2 Å². The molecule has 3 rings (SSSR count). The summed E-state index contributed by atoms with van der Waals surface area (Å²) in [6, 6.07) is 9.75. The van der Waals surface area contributed by atoms with E-state index >= 15 is 0 Å². The third kappa shape index (κ3) is 2.60. The fourth-order valence-corrected chi connectivity index (χ4v) is 3.92. The Balaban J connectivity index is 1.74. The number of para-hydroxylation sites is 1. The lowest BCUT2D eigenvalue weighted by Crippen LogP contribution is -2.39. The Labute approximate surface area is 118 Å². The number of nitrogens with one attached hydrogen (secondary N) is 1. The highest BCUT2D eigenvalue weighted by Crippen LogP contribution is 2.32. The highest BCUT2D eigenvalue weighted by Gasteiger charge is 2.24. The van der Waals surface area contributed by atoms with E-state index < -0.39 is 0 Å². The molecule has 0 aliphatic heterocycles. The maximum atomic E-state index is 4.76. The van der Waals surface area contributed by atoms with Crippen LogP contribution in [0, 0.1) is 0 Å². The Hall–Kier alpha value is -1.13. The van der Waals surface area contributed by atoms with Crippen molar-refractivity contribution in [3.63, 3.8) is 0 Å². The minimum atomic E-state index is 0.644. The predicted octanol–water partition coefficient (Wildman–Crippen LogP) is 3.26. The van der Waals surface area contributed by atoms with E-state index in [-0.39, 0.29) is 0 Å². The van der Waals surface area contributed by atoms with Gasteiger partial charge in [-0.05, 0) is 44.9 Å². The highest BCUT2D eigenvalue weighted by molar-refractivity contribution is 7.22. The molecule has 102 valence electrons. The van der Waals surface area contributed by atoms with Crippen LogP contribution >= 0.6 is 11.3 Å². The van der Waals surface area contributed by atoms with Crippen molar-refractivity contribution in [1.82, 2.24) is 10.3 Å². The van der Waals surface area contributed by atoms with Crippen LogP contribution in [0.4, 0.5) is 5.13 Å². The monoisotopic (exact) mass is 275 g/mol. The second-order valence-corrected chi connectivity index (χ2v) is 6.38. The van der Waals surface area contributed by atoms with Crippen LogP contribution in [0.3, 0.4) is 0 Å². The van der Waals surface area contributed by atoms with Gasteiger partial charge in [-0.25, -0.2) is 4.98 Å². The number of hydrogen-bond acceptors (Lipinski definition) is 4. The van der Waals surface area contributed by atoms with Crippen molar-refractivity contribution in [3.8, 4) is 0 Å². The van der Waals surface area contributed by atoms with Gasteiger partial charge in [0.2, 0.25) is 0 Å². The first-order valence-electron chi connectivity index (χ1n) is 7.03. The Morgan fingerprint density at radius 2 is 1.95 bits per heavy atom. The van der Waals surface area contributed by atoms with Crippen LogP contribution in [-0.4, -0.2) is 31.2 Å². The molecule has 1 fully saturated rings. The van der Waals surface area contributed by atoms with Crippen LogP contribution in [0.2, 0.25) is 0 Å². The van der Waals surface area contributed by atoms with Gasteiger partial charge in [-0.3, -0.25) is 0 Å². The SMILES string of the molecule is CNC1CCC(N(C)c2nc3ccccc3s2)CC1. The zero-order valence-corrected chi connectivity index (χ0v) is 12.4. The van der Waals surface area contributed by atoms with Crippen molar-refractivity contribution in [2.45, 2.75) is 37.8 Å². The molecule has 0 amide bonds.